The van der Waals surface area contributed by atoms with Crippen LogP contribution in [0.4, 0.5) is 0 Å². The second kappa shape index (κ2) is 5.40. The second-order valence-corrected chi connectivity index (χ2v) is 4.91. The summed E-state index contributed by atoms with van der Waals surface area (Å²) in [5, 5.41) is 3.27. The van der Waals surface area contributed by atoms with Crippen molar-refractivity contribution < 1.29 is 9.59 Å². The second-order valence-electron chi connectivity index (χ2n) is 4.48. The molecule has 2 rings (SSSR count). The number of carbonyl (C=O) groups excluding carboxylic acids is 2. The first-order chi connectivity index (χ1) is 8.56. The van der Waals surface area contributed by atoms with Gasteiger partial charge in [0.1, 0.15) is 0 Å². The molecule has 4 nitrogen and oxygen atoms in total. The Kier molecular flexibility index (Phi) is 3.87. The summed E-state index contributed by atoms with van der Waals surface area (Å²) in [4.78, 5) is 25.0. The Morgan fingerprint density at radius 3 is 2.67 bits per heavy atom. The molecule has 5 heteroatoms. The number of halogens is 1. The van der Waals surface area contributed by atoms with Gasteiger partial charge in [-0.1, -0.05) is 23.7 Å². The fraction of sp³-hybridized carbons (Fsp3) is 0.385. The number of benzene rings is 1. The summed E-state index contributed by atoms with van der Waals surface area (Å²) in [7, 11) is 0. The van der Waals surface area contributed by atoms with Crippen LogP contribution in [-0.2, 0) is 16.1 Å². The van der Waals surface area contributed by atoms with Crippen LogP contribution in [-0.4, -0.2) is 29.3 Å². The van der Waals surface area contributed by atoms with E-state index in [1.54, 1.807) is 17.0 Å². The van der Waals surface area contributed by atoms with Crippen molar-refractivity contribution in [2.75, 3.05) is 6.54 Å². The third-order valence-corrected chi connectivity index (χ3v) is 3.29. The number of amides is 2. The highest BCUT2D eigenvalue weighted by Gasteiger charge is 2.26. The fourth-order valence-corrected chi connectivity index (χ4v) is 2.13. The van der Waals surface area contributed by atoms with E-state index in [1.165, 1.54) is 0 Å². The van der Waals surface area contributed by atoms with Crippen LogP contribution in [0, 0.1) is 0 Å². The molecule has 0 aliphatic carbocycles. The third kappa shape index (κ3) is 3.01. The van der Waals surface area contributed by atoms with Gasteiger partial charge in [-0.15, -0.1) is 0 Å². The minimum Gasteiger partial charge on any atom is -0.347 e. The van der Waals surface area contributed by atoms with E-state index in [2.05, 4.69) is 5.32 Å². The van der Waals surface area contributed by atoms with Gasteiger partial charge in [-0.25, -0.2) is 0 Å². The molecule has 18 heavy (non-hydrogen) atoms. The van der Waals surface area contributed by atoms with Gasteiger partial charge >= 0.3 is 0 Å². The maximum absolute atomic E-state index is 11.9. The molecule has 1 N–H and O–H groups in total. The van der Waals surface area contributed by atoms with Crippen LogP contribution in [0.2, 0.25) is 5.02 Å². The number of nitrogens with one attached hydrogen (secondary N) is 1. The zero-order valence-electron chi connectivity index (χ0n) is 10.1. The normalized spacial score (nSPS) is 20.6. The van der Waals surface area contributed by atoms with E-state index in [-0.39, 0.29) is 24.4 Å². The molecule has 0 aromatic heterocycles. The van der Waals surface area contributed by atoms with E-state index in [0.29, 0.717) is 18.0 Å². The van der Waals surface area contributed by atoms with E-state index in [0.717, 1.165) is 5.56 Å². The van der Waals surface area contributed by atoms with Crippen molar-refractivity contribution in [2.45, 2.75) is 25.9 Å². The molecule has 1 aliphatic rings. The van der Waals surface area contributed by atoms with Gasteiger partial charge in [-0.05, 0) is 24.6 Å². The van der Waals surface area contributed by atoms with E-state index in [9.17, 15) is 9.59 Å². The molecule has 0 radical (unpaired) electrons. The maximum Gasteiger partial charge on any atom is 0.242 e. The minimum atomic E-state index is -0.0873. The molecule has 96 valence electrons. The van der Waals surface area contributed by atoms with Gasteiger partial charge in [-0.3, -0.25) is 9.59 Å². The number of nitrogens with zero attached hydrogens (tertiary/aromatic N) is 1. The molecule has 1 aliphatic heterocycles. The van der Waals surface area contributed by atoms with Crippen LogP contribution in [0.15, 0.2) is 24.3 Å². The smallest absolute Gasteiger partial charge is 0.242 e. The predicted molar refractivity (Wildman–Crippen MR) is 69.1 cm³/mol. The van der Waals surface area contributed by atoms with Crippen LogP contribution >= 0.6 is 11.6 Å². The number of carbonyl (C=O) groups is 2. The Balaban J connectivity index is 2.12. The van der Waals surface area contributed by atoms with Gasteiger partial charge in [0, 0.05) is 24.0 Å². The zero-order valence-corrected chi connectivity index (χ0v) is 10.9. The molecule has 0 bridgehead atoms. The lowest BCUT2D eigenvalue weighted by molar-refractivity contribution is -0.132. The summed E-state index contributed by atoms with van der Waals surface area (Å²) in [5.74, 6) is -0.127. The van der Waals surface area contributed by atoms with Crippen LogP contribution in [0.25, 0.3) is 0 Å². The summed E-state index contributed by atoms with van der Waals surface area (Å²) in [5.41, 5.74) is 1.01. The standard InChI is InChI=1S/C13H15ClN2O2/c1-9-6-12(17)15-7-13(18)16(9)8-10-2-4-11(14)5-3-10/h2-5,9H,6-8H2,1H3,(H,15,17). The average molecular weight is 267 g/mol. The van der Waals surface area contributed by atoms with Crippen LogP contribution < -0.4 is 5.32 Å². The summed E-state index contributed by atoms with van der Waals surface area (Å²) in [6.07, 6.45) is 0.347. The Labute approximate surface area is 111 Å². The van der Waals surface area contributed by atoms with Crippen molar-refractivity contribution in [1.29, 1.82) is 0 Å². The first-order valence-corrected chi connectivity index (χ1v) is 6.24. The quantitative estimate of drug-likeness (QED) is 0.884. The van der Waals surface area contributed by atoms with E-state index < -0.39 is 0 Å². The highest BCUT2D eigenvalue weighted by molar-refractivity contribution is 6.30. The topological polar surface area (TPSA) is 49.4 Å². The largest absolute Gasteiger partial charge is 0.347 e. The Morgan fingerprint density at radius 1 is 1.33 bits per heavy atom. The van der Waals surface area contributed by atoms with Gasteiger partial charge in [-0.2, -0.15) is 0 Å². The lowest BCUT2D eigenvalue weighted by atomic mass is 10.1. The van der Waals surface area contributed by atoms with Crippen LogP contribution in [0.5, 0.6) is 0 Å². The maximum atomic E-state index is 11.9. The van der Waals surface area contributed by atoms with Gasteiger partial charge < -0.3 is 10.2 Å². The highest BCUT2D eigenvalue weighted by atomic mass is 35.5. The average Bonchev–Trinajstić information content (AvgIpc) is 2.45. The molecular weight excluding hydrogens is 252 g/mol. The summed E-state index contributed by atoms with van der Waals surface area (Å²) < 4.78 is 0. The summed E-state index contributed by atoms with van der Waals surface area (Å²) in [6.45, 7) is 2.47. The monoisotopic (exact) mass is 266 g/mol. The van der Waals surface area contributed by atoms with Crippen molar-refractivity contribution in [1.82, 2.24) is 10.2 Å². The van der Waals surface area contributed by atoms with E-state index in [1.807, 2.05) is 19.1 Å². The fourth-order valence-electron chi connectivity index (χ4n) is 2.00. The SMILES string of the molecule is CC1CC(=O)NCC(=O)N1Cc1ccc(Cl)cc1. The van der Waals surface area contributed by atoms with Gasteiger partial charge in [0.2, 0.25) is 11.8 Å². The molecule has 1 atom stereocenters. The summed E-state index contributed by atoms with van der Waals surface area (Å²) in [6, 6.07) is 7.29. The molecule has 0 spiro atoms. The third-order valence-electron chi connectivity index (χ3n) is 3.04. The van der Waals surface area contributed by atoms with Crippen molar-refractivity contribution in [3.8, 4) is 0 Å². The lowest BCUT2D eigenvalue weighted by Gasteiger charge is -2.26. The van der Waals surface area contributed by atoms with Gasteiger partial charge in [0.05, 0.1) is 6.54 Å². The molecule has 1 unspecified atom stereocenters. The summed E-state index contributed by atoms with van der Waals surface area (Å²) >= 11 is 5.82. The molecule has 0 saturated carbocycles. The van der Waals surface area contributed by atoms with Crippen molar-refractivity contribution >= 4 is 23.4 Å². The Morgan fingerprint density at radius 2 is 2.00 bits per heavy atom. The zero-order chi connectivity index (χ0) is 13.1. The minimum absolute atomic E-state index is 0.0525. The van der Waals surface area contributed by atoms with Crippen LogP contribution in [0.3, 0.4) is 0 Å². The van der Waals surface area contributed by atoms with Crippen LogP contribution in [0.1, 0.15) is 18.9 Å². The Hall–Kier alpha value is -1.55. The number of hydrogen-bond acceptors (Lipinski definition) is 2. The molecular formula is C13H15ClN2O2. The lowest BCUT2D eigenvalue weighted by Crippen LogP contribution is -2.39. The molecule has 1 heterocycles. The van der Waals surface area contributed by atoms with E-state index in [4.69, 9.17) is 11.6 Å². The highest BCUT2D eigenvalue weighted by Crippen LogP contribution is 2.15. The van der Waals surface area contributed by atoms with Crippen molar-refractivity contribution in [3.63, 3.8) is 0 Å². The van der Waals surface area contributed by atoms with E-state index >= 15 is 0 Å². The van der Waals surface area contributed by atoms with Gasteiger partial charge in [0.15, 0.2) is 0 Å². The Bertz CT molecular complexity index is 459. The number of rotatable bonds is 2. The molecule has 1 fully saturated rings. The molecule has 1 aromatic carbocycles. The molecule has 1 aromatic rings. The molecule has 2 amide bonds. The predicted octanol–water partition coefficient (Wildman–Crippen LogP) is 1.58. The van der Waals surface area contributed by atoms with Crippen molar-refractivity contribution in [2.24, 2.45) is 0 Å². The first-order valence-electron chi connectivity index (χ1n) is 5.87. The number of hydrogen-bond donors (Lipinski definition) is 1. The molecule has 1 saturated heterocycles. The first kappa shape index (κ1) is 12.9. The van der Waals surface area contributed by atoms with Gasteiger partial charge in [0.25, 0.3) is 0 Å². The van der Waals surface area contributed by atoms with Crippen molar-refractivity contribution in [3.05, 3.63) is 34.9 Å².